The Morgan fingerprint density at radius 1 is 1.08 bits per heavy atom. The first-order valence-electron chi connectivity index (χ1n) is 7.37. The fourth-order valence-corrected chi connectivity index (χ4v) is 3.23. The Labute approximate surface area is 151 Å². The van der Waals surface area contributed by atoms with Gasteiger partial charge in [0.1, 0.15) is 0 Å². The molecular formula is C17H18N2O6S. The molecule has 9 heteroatoms. The van der Waals surface area contributed by atoms with Crippen LogP contribution < -0.4 is 19.7 Å². The van der Waals surface area contributed by atoms with Crippen molar-refractivity contribution < 1.29 is 27.9 Å². The molecule has 3 N–H and O–H groups in total. The van der Waals surface area contributed by atoms with E-state index in [4.69, 9.17) is 14.7 Å². The van der Waals surface area contributed by atoms with Crippen LogP contribution in [0.5, 0.6) is 11.5 Å². The Bertz CT molecular complexity index is 910. The molecule has 26 heavy (non-hydrogen) atoms. The summed E-state index contributed by atoms with van der Waals surface area (Å²) in [6, 6.07) is 10.8. The Balaban J connectivity index is 2.51. The lowest BCUT2D eigenvalue weighted by molar-refractivity contribution is -0.124. The number of hydrogen-bond donors (Lipinski definition) is 3. The third-order valence-electron chi connectivity index (χ3n) is 3.38. The van der Waals surface area contributed by atoms with Gasteiger partial charge in [-0.1, -0.05) is 18.2 Å². The average molecular weight is 378 g/mol. The second-order valence-corrected chi connectivity index (χ2v) is 6.70. The first kappa shape index (κ1) is 19.3. The molecule has 8 nitrogen and oxygen atoms in total. The smallest absolute Gasteiger partial charge is 0.267 e. The maximum atomic E-state index is 12.6. The highest BCUT2D eigenvalue weighted by atomic mass is 32.2. The third-order valence-corrected chi connectivity index (χ3v) is 4.76. The maximum Gasteiger partial charge on any atom is 0.267 e. The molecule has 0 saturated carbocycles. The number of anilines is 1. The van der Waals surface area contributed by atoms with Crippen LogP contribution in [-0.2, 0) is 14.8 Å². The topological polar surface area (TPSA) is 114 Å². The van der Waals surface area contributed by atoms with Gasteiger partial charge in [-0.3, -0.25) is 14.7 Å². The zero-order chi connectivity index (χ0) is 19.2. The van der Waals surface area contributed by atoms with Crippen molar-refractivity contribution in [1.29, 1.82) is 0 Å². The van der Waals surface area contributed by atoms with Gasteiger partial charge in [0.05, 0.1) is 24.8 Å². The van der Waals surface area contributed by atoms with Crippen LogP contribution in [0.25, 0.3) is 6.08 Å². The Kier molecular flexibility index (Phi) is 6.21. The molecule has 2 rings (SSSR count). The molecule has 0 aromatic heterocycles. The van der Waals surface area contributed by atoms with E-state index in [1.807, 2.05) is 0 Å². The second-order valence-electron chi connectivity index (χ2n) is 5.02. The monoisotopic (exact) mass is 378 g/mol. The van der Waals surface area contributed by atoms with E-state index in [1.54, 1.807) is 18.2 Å². The fraction of sp³-hybridized carbons (Fsp3) is 0.118. The molecule has 2 aromatic rings. The molecule has 1 amide bonds. The molecule has 0 unspecified atom stereocenters. The van der Waals surface area contributed by atoms with Gasteiger partial charge in [-0.05, 0) is 24.3 Å². The summed E-state index contributed by atoms with van der Waals surface area (Å²) < 4.78 is 38.0. The number of ether oxygens (including phenoxy) is 2. The molecule has 0 aliphatic heterocycles. The number of sulfonamides is 1. The number of rotatable bonds is 7. The van der Waals surface area contributed by atoms with Gasteiger partial charge < -0.3 is 9.47 Å². The SMILES string of the molecule is COc1cc(C=CC(=O)NO)c(NS(=O)(=O)c2ccccc2)cc1OC. The van der Waals surface area contributed by atoms with Crippen LogP contribution in [0.1, 0.15) is 5.56 Å². The predicted molar refractivity (Wildman–Crippen MR) is 95.8 cm³/mol. The summed E-state index contributed by atoms with van der Waals surface area (Å²) in [5.74, 6) is -0.113. The van der Waals surface area contributed by atoms with Gasteiger partial charge >= 0.3 is 0 Å². The van der Waals surface area contributed by atoms with Gasteiger partial charge in [0, 0.05) is 17.7 Å². The summed E-state index contributed by atoms with van der Waals surface area (Å²) in [6.45, 7) is 0. The van der Waals surface area contributed by atoms with Crippen LogP contribution in [0, 0.1) is 0 Å². The van der Waals surface area contributed by atoms with Gasteiger partial charge in [0.15, 0.2) is 11.5 Å². The largest absolute Gasteiger partial charge is 0.493 e. The number of nitrogens with one attached hydrogen (secondary N) is 2. The van der Waals surface area contributed by atoms with E-state index in [-0.39, 0.29) is 10.6 Å². The Morgan fingerprint density at radius 3 is 2.27 bits per heavy atom. The molecule has 138 valence electrons. The molecule has 0 heterocycles. The lowest BCUT2D eigenvalue weighted by atomic mass is 10.1. The van der Waals surface area contributed by atoms with E-state index in [0.29, 0.717) is 17.1 Å². The normalized spacial score (nSPS) is 11.2. The Morgan fingerprint density at radius 2 is 1.69 bits per heavy atom. The van der Waals surface area contributed by atoms with Crippen molar-refractivity contribution in [2.45, 2.75) is 4.90 Å². The van der Waals surface area contributed by atoms with Crippen LogP contribution in [0.15, 0.2) is 53.4 Å². The van der Waals surface area contributed by atoms with Gasteiger partial charge in [0.2, 0.25) is 0 Å². The maximum absolute atomic E-state index is 12.6. The van der Waals surface area contributed by atoms with Crippen LogP contribution in [0.3, 0.4) is 0 Å². The number of benzene rings is 2. The molecule has 0 spiro atoms. The zero-order valence-electron chi connectivity index (χ0n) is 14.1. The average Bonchev–Trinajstić information content (AvgIpc) is 2.66. The predicted octanol–water partition coefficient (Wildman–Crippen LogP) is 2.02. The zero-order valence-corrected chi connectivity index (χ0v) is 14.9. The van der Waals surface area contributed by atoms with Gasteiger partial charge in [-0.25, -0.2) is 13.9 Å². The molecule has 2 aromatic carbocycles. The highest BCUT2D eigenvalue weighted by Crippen LogP contribution is 2.35. The van der Waals surface area contributed by atoms with Crippen molar-refractivity contribution >= 4 is 27.7 Å². The summed E-state index contributed by atoms with van der Waals surface area (Å²) in [5, 5.41) is 8.59. The van der Waals surface area contributed by atoms with Crippen LogP contribution in [-0.4, -0.2) is 33.8 Å². The number of amides is 1. The van der Waals surface area contributed by atoms with Gasteiger partial charge in [0.25, 0.3) is 15.9 Å². The molecule has 0 atom stereocenters. The van der Waals surface area contributed by atoms with E-state index >= 15 is 0 Å². The van der Waals surface area contributed by atoms with Gasteiger partial charge in [-0.2, -0.15) is 0 Å². The highest BCUT2D eigenvalue weighted by Gasteiger charge is 2.17. The van der Waals surface area contributed by atoms with Crippen LogP contribution in [0.2, 0.25) is 0 Å². The second kappa shape index (κ2) is 8.37. The van der Waals surface area contributed by atoms with E-state index in [1.165, 1.54) is 50.0 Å². The number of carbonyl (C=O) groups excluding carboxylic acids is 1. The first-order chi connectivity index (χ1) is 12.4. The van der Waals surface area contributed by atoms with Crippen molar-refractivity contribution in [2.24, 2.45) is 0 Å². The summed E-state index contributed by atoms with van der Waals surface area (Å²) in [6.07, 6.45) is 2.37. The first-order valence-corrected chi connectivity index (χ1v) is 8.85. The minimum atomic E-state index is -3.85. The van der Waals surface area contributed by atoms with E-state index in [2.05, 4.69) is 4.72 Å². The van der Waals surface area contributed by atoms with Crippen molar-refractivity contribution in [3.63, 3.8) is 0 Å². The summed E-state index contributed by atoms with van der Waals surface area (Å²) in [7, 11) is -1.01. The Hall–Kier alpha value is -3.04. The fourth-order valence-electron chi connectivity index (χ4n) is 2.13. The van der Waals surface area contributed by atoms with Crippen molar-refractivity contribution in [1.82, 2.24) is 5.48 Å². The lowest BCUT2D eigenvalue weighted by Gasteiger charge is -2.15. The van der Waals surface area contributed by atoms with E-state index in [9.17, 15) is 13.2 Å². The molecule has 0 fully saturated rings. The lowest BCUT2D eigenvalue weighted by Crippen LogP contribution is -2.15. The molecule has 0 aliphatic rings. The quantitative estimate of drug-likeness (QED) is 0.386. The molecule has 0 aliphatic carbocycles. The van der Waals surface area contributed by atoms with E-state index in [0.717, 1.165) is 6.08 Å². The van der Waals surface area contributed by atoms with Crippen molar-refractivity contribution in [3.8, 4) is 11.5 Å². The highest BCUT2D eigenvalue weighted by molar-refractivity contribution is 7.92. The number of methoxy groups -OCH3 is 2. The van der Waals surface area contributed by atoms with Crippen LogP contribution >= 0.6 is 0 Å². The number of hydroxylamine groups is 1. The van der Waals surface area contributed by atoms with Crippen molar-refractivity contribution in [2.75, 3.05) is 18.9 Å². The molecule has 0 radical (unpaired) electrons. The van der Waals surface area contributed by atoms with Crippen LogP contribution in [0.4, 0.5) is 5.69 Å². The number of carbonyl (C=O) groups is 1. The van der Waals surface area contributed by atoms with E-state index < -0.39 is 15.9 Å². The summed E-state index contributed by atoms with van der Waals surface area (Å²) in [4.78, 5) is 11.3. The number of hydrogen-bond acceptors (Lipinski definition) is 6. The summed E-state index contributed by atoms with van der Waals surface area (Å²) in [5.41, 5.74) is 1.97. The third kappa shape index (κ3) is 4.52. The standard InChI is InChI=1S/C17H18N2O6S/c1-24-15-10-12(8-9-17(20)18-21)14(11-16(15)25-2)19-26(22,23)13-6-4-3-5-7-13/h3-11,19,21H,1-2H3,(H,18,20). The van der Waals surface area contributed by atoms with Gasteiger partial charge in [-0.15, -0.1) is 0 Å². The molecule has 0 saturated heterocycles. The summed E-state index contributed by atoms with van der Waals surface area (Å²) >= 11 is 0. The molecule has 0 bridgehead atoms. The molecular weight excluding hydrogens is 360 g/mol. The minimum absolute atomic E-state index is 0.0813. The van der Waals surface area contributed by atoms with Crippen molar-refractivity contribution in [3.05, 3.63) is 54.1 Å². The minimum Gasteiger partial charge on any atom is -0.493 e.